The molecule has 1 aliphatic carbocycles. The smallest absolute Gasteiger partial charge is 0.418 e. The predicted octanol–water partition coefficient (Wildman–Crippen LogP) is 4.13. The third-order valence-corrected chi connectivity index (χ3v) is 4.01. The maximum atomic E-state index is 13.0. The second-order valence-corrected chi connectivity index (χ2v) is 6.01. The van der Waals surface area contributed by atoms with Gasteiger partial charge in [0.15, 0.2) is 0 Å². The van der Waals surface area contributed by atoms with E-state index < -0.39 is 23.2 Å². The van der Waals surface area contributed by atoms with Gasteiger partial charge in [0.2, 0.25) is 0 Å². The number of hydrogen-bond acceptors (Lipinski definition) is 2. The monoisotopic (exact) mass is 351 g/mol. The second kappa shape index (κ2) is 4.95. The van der Waals surface area contributed by atoms with Gasteiger partial charge < -0.3 is 10.4 Å². The Morgan fingerprint density at radius 1 is 1.40 bits per heavy atom. The van der Waals surface area contributed by atoms with Crippen LogP contribution in [0.3, 0.4) is 0 Å². The molecule has 0 bridgehead atoms. The van der Waals surface area contributed by atoms with E-state index in [1.807, 2.05) is 0 Å². The maximum Gasteiger partial charge on any atom is 0.418 e. The van der Waals surface area contributed by atoms with Crippen LogP contribution in [0.1, 0.15) is 25.3 Å². The molecule has 0 amide bonds. The molecule has 0 heterocycles. The van der Waals surface area contributed by atoms with Crippen LogP contribution >= 0.6 is 15.9 Å². The summed E-state index contributed by atoms with van der Waals surface area (Å²) in [5.41, 5.74) is -2.47. The first-order valence-corrected chi connectivity index (χ1v) is 6.82. The fraction of sp³-hybridized carbons (Fsp3) is 0.462. The maximum absolute atomic E-state index is 13.0. The molecule has 0 radical (unpaired) electrons. The number of carboxylic acids is 1. The van der Waals surface area contributed by atoms with Gasteiger partial charge in [-0.25, -0.2) is 4.79 Å². The average Bonchev–Trinajstić information content (AvgIpc) is 3.13. The molecule has 20 heavy (non-hydrogen) atoms. The van der Waals surface area contributed by atoms with Crippen LogP contribution in [-0.2, 0) is 11.0 Å². The summed E-state index contributed by atoms with van der Waals surface area (Å²) in [7, 11) is 0. The largest absolute Gasteiger partial charge is 0.480 e. The van der Waals surface area contributed by atoms with Crippen LogP contribution in [0, 0.1) is 5.92 Å². The number of anilines is 1. The highest BCUT2D eigenvalue weighted by Gasteiger charge is 2.48. The summed E-state index contributed by atoms with van der Waals surface area (Å²) < 4.78 is 39.3. The molecular formula is C13H13BrF3NO2. The lowest BCUT2D eigenvalue weighted by molar-refractivity contribution is -0.143. The zero-order chi connectivity index (χ0) is 15.1. The SMILES string of the molecule is CC(Nc1ccc(Br)cc1C(F)(F)F)(C(=O)O)C1CC1. The van der Waals surface area contributed by atoms with Crippen LogP contribution in [0.5, 0.6) is 0 Å². The van der Waals surface area contributed by atoms with Crippen molar-refractivity contribution in [3.8, 4) is 0 Å². The van der Waals surface area contributed by atoms with Crippen molar-refractivity contribution in [1.29, 1.82) is 0 Å². The highest BCUT2D eigenvalue weighted by atomic mass is 79.9. The van der Waals surface area contributed by atoms with Crippen LogP contribution in [0.4, 0.5) is 18.9 Å². The van der Waals surface area contributed by atoms with Crippen LogP contribution in [-0.4, -0.2) is 16.6 Å². The molecule has 2 N–H and O–H groups in total. The second-order valence-electron chi connectivity index (χ2n) is 5.09. The Morgan fingerprint density at radius 3 is 2.45 bits per heavy atom. The minimum absolute atomic E-state index is 0.148. The minimum Gasteiger partial charge on any atom is -0.480 e. The molecular weight excluding hydrogens is 339 g/mol. The molecule has 110 valence electrons. The summed E-state index contributed by atoms with van der Waals surface area (Å²) in [6.07, 6.45) is -3.14. The summed E-state index contributed by atoms with van der Waals surface area (Å²) >= 11 is 2.99. The highest BCUT2D eigenvalue weighted by Crippen LogP contribution is 2.44. The highest BCUT2D eigenvalue weighted by molar-refractivity contribution is 9.10. The van der Waals surface area contributed by atoms with Crippen molar-refractivity contribution in [3.05, 3.63) is 28.2 Å². The number of nitrogens with one attached hydrogen (secondary N) is 1. The molecule has 1 fully saturated rings. The fourth-order valence-electron chi connectivity index (χ4n) is 2.13. The number of halogens is 4. The van der Waals surface area contributed by atoms with E-state index in [0.29, 0.717) is 17.3 Å². The molecule has 7 heteroatoms. The Kier molecular flexibility index (Phi) is 3.75. The molecule has 0 aliphatic heterocycles. The standard InChI is InChI=1S/C13H13BrF3NO2/c1-12(11(19)20,7-2-3-7)18-10-5-4-8(14)6-9(10)13(15,16)17/h4-7,18H,2-3H2,1H3,(H,19,20). The lowest BCUT2D eigenvalue weighted by Crippen LogP contribution is -2.46. The summed E-state index contributed by atoms with van der Waals surface area (Å²) in [6, 6.07) is 3.64. The topological polar surface area (TPSA) is 49.3 Å². The van der Waals surface area contributed by atoms with E-state index >= 15 is 0 Å². The Balaban J connectivity index is 2.40. The van der Waals surface area contributed by atoms with Gasteiger partial charge in [-0.15, -0.1) is 0 Å². The van der Waals surface area contributed by atoms with Gasteiger partial charge in [-0.1, -0.05) is 15.9 Å². The van der Waals surface area contributed by atoms with Gasteiger partial charge in [0.1, 0.15) is 5.54 Å². The molecule has 1 saturated carbocycles. The van der Waals surface area contributed by atoms with Crippen molar-refractivity contribution in [2.75, 3.05) is 5.32 Å². The summed E-state index contributed by atoms with van der Waals surface area (Å²) in [4.78, 5) is 11.4. The first-order valence-electron chi connectivity index (χ1n) is 6.03. The van der Waals surface area contributed by atoms with E-state index in [1.165, 1.54) is 19.1 Å². The average molecular weight is 352 g/mol. The summed E-state index contributed by atoms with van der Waals surface area (Å²) in [6.45, 7) is 1.43. The lowest BCUT2D eigenvalue weighted by atomic mass is 9.95. The number of carbonyl (C=O) groups is 1. The van der Waals surface area contributed by atoms with Crippen LogP contribution in [0.15, 0.2) is 22.7 Å². The van der Waals surface area contributed by atoms with Gasteiger partial charge in [0.25, 0.3) is 0 Å². The lowest BCUT2D eigenvalue weighted by Gasteiger charge is -2.29. The van der Waals surface area contributed by atoms with Gasteiger partial charge in [-0.3, -0.25) is 0 Å². The van der Waals surface area contributed by atoms with Crippen LogP contribution in [0.2, 0.25) is 0 Å². The zero-order valence-corrected chi connectivity index (χ0v) is 12.2. The van der Waals surface area contributed by atoms with Crippen molar-refractivity contribution >= 4 is 27.6 Å². The molecule has 1 aromatic carbocycles. The van der Waals surface area contributed by atoms with Gasteiger partial charge in [0.05, 0.1) is 5.56 Å². The van der Waals surface area contributed by atoms with E-state index in [-0.39, 0.29) is 11.6 Å². The van der Waals surface area contributed by atoms with E-state index in [1.54, 1.807) is 0 Å². The zero-order valence-electron chi connectivity index (χ0n) is 10.6. The quantitative estimate of drug-likeness (QED) is 0.857. The summed E-state index contributed by atoms with van der Waals surface area (Å²) in [5.74, 6) is -1.29. The predicted molar refractivity (Wildman–Crippen MR) is 71.5 cm³/mol. The third-order valence-electron chi connectivity index (χ3n) is 3.52. The van der Waals surface area contributed by atoms with Gasteiger partial charge >= 0.3 is 12.1 Å². The van der Waals surface area contributed by atoms with Crippen LogP contribution < -0.4 is 5.32 Å². The van der Waals surface area contributed by atoms with E-state index in [9.17, 15) is 23.1 Å². The van der Waals surface area contributed by atoms with Crippen LogP contribution in [0.25, 0.3) is 0 Å². The number of rotatable bonds is 4. The Bertz CT molecular complexity index is 543. The van der Waals surface area contributed by atoms with Crippen molar-refractivity contribution in [2.24, 2.45) is 5.92 Å². The van der Waals surface area contributed by atoms with Crippen molar-refractivity contribution in [3.63, 3.8) is 0 Å². The fourth-order valence-corrected chi connectivity index (χ4v) is 2.49. The molecule has 1 aliphatic rings. The Hall–Kier alpha value is -1.24. The number of benzene rings is 1. The van der Waals surface area contributed by atoms with E-state index in [2.05, 4.69) is 21.2 Å². The summed E-state index contributed by atoms with van der Waals surface area (Å²) in [5, 5.41) is 11.9. The number of alkyl halides is 3. The molecule has 3 nitrogen and oxygen atoms in total. The number of aliphatic carboxylic acids is 1. The molecule has 0 spiro atoms. The molecule has 1 unspecified atom stereocenters. The molecule has 1 atom stereocenters. The van der Waals surface area contributed by atoms with Gasteiger partial charge in [-0.05, 0) is 43.9 Å². The van der Waals surface area contributed by atoms with Crippen molar-refractivity contribution in [2.45, 2.75) is 31.5 Å². The molecule has 1 aromatic rings. The third kappa shape index (κ3) is 2.92. The van der Waals surface area contributed by atoms with E-state index in [0.717, 1.165) is 6.07 Å². The van der Waals surface area contributed by atoms with Gasteiger partial charge in [0, 0.05) is 10.2 Å². The first kappa shape index (κ1) is 15.2. The van der Waals surface area contributed by atoms with Gasteiger partial charge in [-0.2, -0.15) is 13.2 Å². The van der Waals surface area contributed by atoms with E-state index in [4.69, 9.17) is 0 Å². The van der Waals surface area contributed by atoms with Crippen molar-refractivity contribution in [1.82, 2.24) is 0 Å². The first-order chi connectivity index (χ1) is 9.14. The Morgan fingerprint density at radius 2 is 2.00 bits per heavy atom. The number of carboxylic acid groups (broad SMARTS) is 1. The molecule has 0 saturated heterocycles. The molecule has 0 aromatic heterocycles. The molecule has 2 rings (SSSR count). The Labute approximate surface area is 122 Å². The minimum atomic E-state index is -4.55. The normalized spacial score (nSPS) is 18.4. The number of hydrogen-bond donors (Lipinski definition) is 2. The van der Waals surface area contributed by atoms with Crippen molar-refractivity contribution < 1.29 is 23.1 Å².